The number of anilines is 2. The molecule has 0 spiro atoms. The van der Waals surface area contributed by atoms with Gasteiger partial charge in [-0.2, -0.15) is 25.9 Å². The van der Waals surface area contributed by atoms with Crippen molar-refractivity contribution < 1.29 is 44.7 Å². The van der Waals surface area contributed by atoms with Gasteiger partial charge >= 0.3 is 22.0 Å². The van der Waals surface area contributed by atoms with Crippen LogP contribution in [0, 0.1) is 18.7 Å². The minimum absolute atomic E-state index is 0.00287. The zero-order chi connectivity index (χ0) is 40.1. The number of amides is 2. The number of benzene rings is 2. The summed E-state index contributed by atoms with van der Waals surface area (Å²) in [5.41, 5.74) is 1.29. The van der Waals surface area contributed by atoms with Crippen LogP contribution in [0.1, 0.15) is 50.2 Å². The van der Waals surface area contributed by atoms with Crippen LogP contribution in [-0.2, 0) is 27.9 Å². The summed E-state index contributed by atoms with van der Waals surface area (Å²) >= 11 is 6.91. The lowest BCUT2D eigenvalue weighted by Gasteiger charge is -2.41. The molecule has 3 aliphatic heterocycles. The SMILES string of the molecule is COC[C@H]1CN(c2cc(Cl)c3c4c(c(=O)oc3c2C)CN(C(=O)c2cc(N(C)C)c(C(=O)NS(=O)(=O)N3CCC(C(F)(F)F)CC3)cc2F)CC4)CCN1C. The number of ether oxygens (including phenoxy) is 1. The number of halogens is 5. The number of fused-ring (bicyclic) bond motifs is 3. The van der Waals surface area contributed by atoms with Gasteiger partial charge in [0.1, 0.15) is 11.4 Å². The minimum Gasteiger partial charge on any atom is -0.422 e. The van der Waals surface area contributed by atoms with Gasteiger partial charge in [-0.1, -0.05) is 11.6 Å². The van der Waals surface area contributed by atoms with Gasteiger partial charge in [-0.05, 0) is 57.0 Å². The number of carbonyl (C=O) groups excluding carboxylic acids is 2. The van der Waals surface area contributed by atoms with Crippen LogP contribution in [0.4, 0.5) is 28.9 Å². The second-order valence-corrected chi connectivity index (χ2v) is 16.5. The first-order chi connectivity index (χ1) is 25.8. The van der Waals surface area contributed by atoms with Crippen molar-refractivity contribution in [3.63, 3.8) is 0 Å². The topological polar surface area (TPSA) is 136 Å². The van der Waals surface area contributed by atoms with Gasteiger partial charge in [0.2, 0.25) is 0 Å². The van der Waals surface area contributed by atoms with Crippen LogP contribution < -0.4 is 20.1 Å². The molecule has 1 atom stereocenters. The zero-order valence-corrected chi connectivity index (χ0v) is 32.6. The predicted molar refractivity (Wildman–Crippen MR) is 199 cm³/mol. The number of likely N-dealkylation sites (N-methyl/N-ethyl adjacent to an activating group) is 1. The van der Waals surface area contributed by atoms with Gasteiger partial charge in [0.15, 0.2) is 0 Å². The largest absolute Gasteiger partial charge is 0.422 e. The van der Waals surface area contributed by atoms with Gasteiger partial charge in [0, 0.05) is 77.1 Å². The quantitative estimate of drug-likeness (QED) is 0.261. The molecule has 0 aliphatic carbocycles. The number of nitrogens with one attached hydrogen (secondary N) is 1. The highest BCUT2D eigenvalue weighted by Gasteiger charge is 2.43. The number of hydrogen-bond acceptors (Lipinski definition) is 10. The number of aryl methyl sites for hydroxylation is 1. The molecule has 2 amide bonds. The van der Waals surface area contributed by atoms with Gasteiger partial charge in [-0.3, -0.25) is 14.5 Å². The van der Waals surface area contributed by atoms with E-state index in [0.717, 1.165) is 40.8 Å². The Morgan fingerprint density at radius 2 is 1.75 bits per heavy atom. The van der Waals surface area contributed by atoms with Crippen molar-refractivity contribution in [2.45, 2.75) is 44.9 Å². The van der Waals surface area contributed by atoms with Crippen molar-refractivity contribution in [2.75, 3.05) is 83.9 Å². The first-order valence-electron chi connectivity index (χ1n) is 17.7. The highest BCUT2D eigenvalue weighted by molar-refractivity contribution is 7.87. The first-order valence-corrected chi connectivity index (χ1v) is 19.5. The van der Waals surface area contributed by atoms with Gasteiger partial charge in [0.25, 0.3) is 11.8 Å². The van der Waals surface area contributed by atoms with Gasteiger partial charge in [0.05, 0.1) is 52.5 Å². The fourth-order valence-corrected chi connectivity index (χ4v) is 9.12. The maximum Gasteiger partial charge on any atom is 0.391 e. The second-order valence-electron chi connectivity index (χ2n) is 14.5. The maximum absolute atomic E-state index is 15.7. The van der Waals surface area contributed by atoms with Crippen molar-refractivity contribution in [2.24, 2.45) is 5.92 Å². The number of carbonyl (C=O) groups is 2. The molecule has 2 fully saturated rings. The Hall–Kier alpha value is -3.97. The van der Waals surface area contributed by atoms with E-state index in [1.54, 1.807) is 7.11 Å². The Kier molecular flexibility index (Phi) is 11.5. The monoisotopic (exact) mass is 814 g/mol. The van der Waals surface area contributed by atoms with E-state index in [4.69, 9.17) is 20.8 Å². The van der Waals surface area contributed by atoms with Crippen LogP contribution in [0.15, 0.2) is 27.4 Å². The molecule has 0 unspecified atom stereocenters. The number of alkyl halides is 3. The number of methoxy groups -OCH3 is 1. The molecular formula is C36H43ClF4N6O7S. The maximum atomic E-state index is 15.7. The molecule has 3 aromatic rings. The molecule has 0 saturated carbocycles. The van der Waals surface area contributed by atoms with Gasteiger partial charge in [-0.25, -0.2) is 13.9 Å². The van der Waals surface area contributed by atoms with Gasteiger partial charge < -0.3 is 23.9 Å². The molecule has 13 nitrogen and oxygen atoms in total. The summed E-state index contributed by atoms with van der Waals surface area (Å²) in [5.74, 6) is -4.79. The first kappa shape index (κ1) is 40.7. The number of hydrogen-bond donors (Lipinski definition) is 1. The third-order valence-electron chi connectivity index (χ3n) is 10.8. The molecule has 1 aromatic heterocycles. The van der Waals surface area contributed by atoms with E-state index in [-0.39, 0.29) is 36.8 Å². The Balaban J connectivity index is 1.23. The molecule has 300 valence electrons. The standard InChI is InChI=1S/C36H43ClF4N6O7S/c1-20-29(45-13-12-44(4)22(17-45)19-53-5)16-27(37)31-23-8-9-46(18-26(23)35(50)54-32(20)31)34(49)24-15-30(43(2)3)25(14-28(24)38)33(48)42-55(51,52)47-10-6-21(7-11-47)36(39,40)41/h14-16,21-22H,6-13,17-19H2,1-5H3,(H,42,48)/t22-/m1/s1. The van der Waals surface area contributed by atoms with Crippen molar-refractivity contribution >= 4 is 56.0 Å². The molecule has 3 aliphatic rings. The summed E-state index contributed by atoms with van der Waals surface area (Å²) in [4.78, 5) is 47.7. The molecule has 1 N–H and O–H groups in total. The zero-order valence-electron chi connectivity index (χ0n) is 31.1. The van der Waals surface area contributed by atoms with Crippen molar-refractivity contribution in [1.29, 1.82) is 0 Å². The number of piperazine rings is 1. The number of piperidine rings is 1. The lowest BCUT2D eigenvalue weighted by atomic mass is 9.94. The van der Waals surface area contributed by atoms with Crippen LogP contribution in [0.2, 0.25) is 5.02 Å². The van der Waals surface area contributed by atoms with E-state index in [1.165, 1.54) is 23.9 Å². The van der Waals surface area contributed by atoms with Crippen LogP contribution in [0.3, 0.4) is 0 Å². The number of nitrogens with zero attached hydrogens (tertiary/aromatic N) is 5. The predicted octanol–water partition coefficient (Wildman–Crippen LogP) is 4.17. The third-order valence-corrected chi connectivity index (χ3v) is 12.6. The fraction of sp³-hybridized carbons (Fsp3) is 0.528. The summed E-state index contributed by atoms with van der Waals surface area (Å²) in [6.45, 7) is 3.61. The summed E-state index contributed by atoms with van der Waals surface area (Å²) in [7, 11) is 2.13. The Labute approximate surface area is 320 Å². The average Bonchev–Trinajstić information content (AvgIpc) is 3.13. The normalized spacial score (nSPS) is 19.1. The molecule has 2 saturated heterocycles. The number of rotatable bonds is 8. The molecule has 0 bridgehead atoms. The van der Waals surface area contributed by atoms with Gasteiger partial charge in [-0.15, -0.1) is 0 Å². The smallest absolute Gasteiger partial charge is 0.391 e. The van der Waals surface area contributed by atoms with Crippen LogP contribution in [0.5, 0.6) is 0 Å². The summed E-state index contributed by atoms with van der Waals surface area (Å²) in [6.07, 6.45) is -5.18. The van der Waals surface area contributed by atoms with E-state index in [0.29, 0.717) is 34.7 Å². The molecule has 19 heteroatoms. The molecule has 2 aromatic carbocycles. The van der Waals surface area contributed by atoms with Crippen LogP contribution >= 0.6 is 11.6 Å². The highest BCUT2D eigenvalue weighted by Crippen LogP contribution is 2.39. The third kappa shape index (κ3) is 8.01. The van der Waals surface area contributed by atoms with Crippen molar-refractivity contribution in [3.8, 4) is 0 Å². The lowest BCUT2D eigenvalue weighted by Crippen LogP contribution is -2.53. The van der Waals surface area contributed by atoms with E-state index in [1.807, 2.05) is 24.8 Å². The molecule has 0 radical (unpaired) electrons. The summed E-state index contributed by atoms with van der Waals surface area (Å²) in [5, 5.41) is 0.962. The molecule has 4 heterocycles. The van der Waals surface area contributed by atoms with E-state index in [2.05, 4.69) is 9.80 Å². The summed E-state index contributed by atoms with van der Waals surface area (Å²) < 4.78 is 94.8. The van der Waals surface area contributed by atoms with Crippen LogP contribution in [0.25, 0.3) is 11.0 Å². The van der Waals surface area contributed by atoms with Crippen molar-refractivity contribution in [3.05, 3.63) is 67.3 Å². The molecule has 6 rings (SSSR count). The Bertz CT molecular complexity index is 2180. The Morgan fingerprint density at radius 3 is 2.38 bits per heavy atom. The van der Waals surface area contributed by atoms with E-state index in [9.17, 15) is 36.0 Å². The van der Waals surface area contributed by atoms with E-state index >= 15 is 4.39 Å². The summed E-state index contributed by atoms with van der Waals surface area (Å²) in [6, 6.07) is 3.87. The average molecular weight is 815 g/mol. The Morgan fingerprint density at radius 1 is 1.05 bits per heavy atom. The highest BCUT2D eigenvalue weighted by atomic mass is 35.5. The minimum atomic E-state index is -4.57. The van der Waals surface area contributed by atoms with Crippen molar-refractivity contribution in [1.82, 2.24) is 18.8 Å². The lowest BCUT2D eigenvalue weighted by molar-refractivity contribution is -0.182. The second kappa shape index (κ2) is 15.5. The molecule has 55 heavy (non-hydrogen) atoms. The van der Waals surface area contributed by atoms with E-state index < -0.39 is 82.6 Å². The van der Waals surface area contributed by atoms with Crippen LogP contribution in [-0.4, -0.2) is 121 Å². The fourth-order valence-electron chi connectivity index (χ4n) is 7.65. The molecular weight excluding hydrogens is 772 g/mol.